The molecular weight excluding hydrogens is 531 g/mol. The standard InChI is InChI=1S/C12H9F2N5O2S.C8H6Cl2O3/c1-7-5-6-19-11(15-7)16-12(17-19)22(20,21)18-10-8(13)3-2-4-9(10)14;1-13-7-5(10)3-2-4(9)6(7)8(11)12/h2-6,18H,1H3;2-3H,1H3,(H,11,12). The Morgan fingerprint density at radius 1 is 1.09 bits per heavy atom. The van der Waals surface area contributed by atoms with Crippen LogP contribution < -0.4 is 9.46 Å². The minimum atomic E-state index is -4.35. The van der Waals surface area contributed by atoms with Crippen molar-refractivity contribution in [2.45, 2.75) is 12.1 Å². The Balaban J connectivity index is 0.000000225. The van der Waals surface area contributed by atoms with E-state index in [1.165, 1.54) is 25.4 Å². The van der Waals surface area contributed by atoms with Crippen LogP contribution in [-0.2, 0) is 10.0 Å². The van der Waals surface area contributed by atoms with Crippen LogP contribution in [0.2, 0.25) is 10.0 Å². The van der Waals surface area contributed by atoms with Crippen molar-refractivity contribution in [3.63, 3.8) is 0 Å². The predicted molar refractivity (Wildman–Crippen MR) is 123 cm³/mol. The number of sulfonamides is 1. The van der Waals surface area contributed by atoms with Gasteiger partial charge in [0.15, 0.2) is 5.75 Å². The molecule has 0 saturated carbocycles. The fraction of sp³-hybridized carbons (Fsp3) is 0.100. The van der Waals surface area contributed by atoms with Crippen LogP contribution in [0.25, 0.3) is 5.78 Å². The average Bonchev–Trinajstić information content (AvgIpc) is 3.22. The number of carboxylic acids is 1. The number of hydrogen-bond donors (Lipinski definition) is 2. The number of para-hydroxylation sites is 1. The summed E-state index contributed by atoms with van der Waals surface area (Å²) in [5.74, 6) is -3.09. The lowest BCUT2D eigenvalue weighted by Gasteiger charge is -2.07. The van der Waals surface area contributed by atoms with Crippen molar-refractivity contribution in [3.8, 4) is 5.75 Å². The molecule has 0 atom stereocenters. The number of methoxy groups -OCH3 is 1. The molecule has 4 rings (SSSR count). The molecule has 0 saturated heterocycles. The van der Waals surface area contributed by atoms with Crippen LogP contribution in [0.1, 0.15) is 16.1 Å². The number of anilines is 1. The molecule has 2 aromatic heterocycles. The molecule has 0 bridgehead atoms. The van der Waals surface area contributed by atoms with Crippen molar-refractivity contribution in [3.05, 3.63) is 75.5 Å². The molecule has 0 aliphatic rings. The highest BCUT2D eigenvalue weighted by atomic mass is 35.5. The third kappa shape index (κ3) is 5.75. The lowest BCUT2D eigenvalue weighted by Crippen LogP contribution is -2.16. The van der Waals surface area contributed by atoms with Crippen LogP contribution in [0, 0.1) is 18.6 Å². The van der Waals surface area contributed by atoms with Crippen LogP contribution in [0.5, 0.6) is 5.75 Å². The monoisotopic (exact) mass is 545 g/mol. The number of aromatic nitrogens is 4. The Bertz CT molecular complexity index is 1510. The van der Waals surface area contributed by atoms with Gasteiger partial charge in [-0.1, -0.05) is 29.3 Å². The molecule has 0 aliphatic carbocycles. The molecule has 0 unspecified atom stereocenters. The molecule has 15 heteroatoms. The van der Waals surface area contributed by atoms with Crippen molar-refractivity contribution in [1.82, 2.24) is 19.6 Å². The molecule has 0 aliphatic heterocycles. The largest absolute Gasteiger partial charge is 0.494 e. The lowest BCUT2D eigenvalue weighted by atomic mass is 10.2. The minimum absolute atomic E-state index is 0.0642. The first kappa shape index (κ1) is 26.1. The summed E-state index contributed by atoms with van der Waals surface area (Å²) in [5, 5.41) is 12.2. The van der Waals surface area contributed by atoms with Gasteiger partial charge in [0, 0.05) is 11.9 Å². The lowest BCUT2D eigenvalue weighted by molar-refractivity contribution is 0.0693. The fourth-order valence-electron chi connectivity index (χ4n) is 2.67. The first-order chi connectivity index (χ1) is 16.4. The Morgan fingerprint density at radius 2 is 1.71 bits per heavy atom. The number of aryl methyl sites for hydroxylation is 1. The Morgan fingerprint density at radius 3 is 2.29 bits per heavy atom. The van der Waals surface area contributed by atoms with Crippen molar-refractivity contribution < 1.29 is 31.8 Å². The van der Waals surface area contributed by atoms with E-state index in [1.54, 1.807) is 17.7 Å². The molecule has 10 nitrogen and oxygen atoms in total. The van der Waals surface area contributed by atoms with Crippen molar-refractivity contribution in [1.29, 1.82) is 0 Å². The zero-order chi connectivity index (χ0) is 25.9. The first-order valence-corrected chi connectivity index (χ1v) is 11.6. The molecule has 184 valence electrons. The highest BCUT2D eigenvalue weighted by Crippen LogP contribution is 2.33. The van der Waals surface area contributed by atoms with Gasteiger partial charge in [-0.25, -0.2) is 23.1 Å². The van der Waals surface area contributed by atoms with Gasteiger partial charge < -0.3 is 9.84 Å². The second kappa shape index (κ2) is 10.4. The number of fused-ring (bicyclic) bond motifs is 1. The highest BCUT2D eigenvalue weighted by molar-refractivity contribution is 7.92. The maximum atomic E-state index is 13.5. The third-order valence-electron chi connectivity index (χ3n) is 4.24. The first-order valence-electron chi connectivity index (χ1n) is 9.36. The van der Waals surface area contributed by atoms with Gasteiger partial charge in [-0.05, 0) is 37.3 Å². The number of nitrogens with zero attached hydrogens (tertiary/aromatic N) is 4. The summed E-state index contributed by atoms with van der Waals surface area (Å²) in [6.07, 6.45) is 1.48. The van der Waals surface area contributed by atoms with E-state index in [0.29, 0.717) is 5.69 Å². The van der Waals surface area contributed by atoms with Crippen LogP contribution in [0.4, 0.5) is 14.5 Å². The van der Waals surface area contributed by atoms with E-state index in [9.17, 15) is 22.0 Å². The van der Waals surface area contributed by atoms with Gasteiger partial charge in [0.05, 0.1) is 17.2 Å². The topological polar surface area (TPSA) is 136 Å². The summed E-state index contributed by atoms with van der Waals surface area (Å²) in [6, 6.07) is 7.50. The number of nitrogens with one attached hydrogen (secondary N) is 1. The summed E-state index contributed by atoms with van der Waals surface area (Å²) in [7, 11) is -3.01. The van der Waals surface area contributed by atoms with E-state index < -0.39 is 38.5 Å². The number of aromatic carboxylic acids is 1. The Labute approximate surface area is 207 Å². The number of benzene rings is 2. The van der Waals surface area contributed by atoms with Gasteiger partial charge in [-0.15, -0.1) is 5.10 Å². The summed E-state index contributed by atoms with van der Waals surface area (Å²) >= 11 is 11.4. The van der Waals surface area contributed by atoms with Gasteiger partial charge in [0.2, 0.25) is 0 Å². The van der Waals surface area contributed by atoms with Crippen LogP contribution in [0.3, 0.4) is 0 Å². The van der Waals surface area contributed by atoms with Gasteiger partial charge in [-0.2, -0.15) is 13.4 Å². The van der Waals surface area contributed by atoms with E-state index in [-0.39, 0.29) is 27.1 Å². The predicted octanol–water partition coefficient (Wildman–Crippen LogP) is 4.21. The van der Waals surface area contributed by atoms with Crippen molar-refractivity contribution in [2.24, 2.45) is 0 Å². The normalized spacial score (nSPS) is 11.0. The quantitative estimate of drug-likeness (QED) is 0.380. The number of rotatable bonds is 5. The maximum Gasteiger partial charge on any atom is 0.341 e. The molecular formula is C20H15Cl2F2N5O5S. The molecule has 0 amide bonds. The maximum absolute atomic E-state index is 13.5. The molecule has 0 radical (unpaired) electrons. The second-order valence-electron chi connectivity index (χ2n) is 6.65. The number of hydrogen-bond acceptors (Lipinski definition) is 7. The summed E-state index contributed by atoms with van der Waals surface area (Å²) in [5.41, 5.74) is -0.279. The average molecular weight is 546 g/mol. The second-order valence-corrected chi connectivity index (χ2v) is 9.04. The van der Waals surface area contributed by atoms with Crippen LogP contribution >= 0.6 is 23.2 Å². The minimum Gasteiger partial charge on any atom is -0.494 e. The zero-order valence-electron chi connectivity index (χ0n) is 17.8. The van der Waals surface area contributed by atoms with Gasteiger partial charge in [0.25, 0.3) is 21.0 Å². The van der Waals surface area contributed by atoms with Gasteiger partial charge in [-0.3, -0.25) is 4.72 Å². The summed E-state index contributed by atoms with van der Waals surface area (Å²) in [4.78, 5) is 18.5. The number of carboxylic acid groups (broad SMARTS) is 1. The third-order valence-corrected chi connectivity index (χ3v) is 5.98. The smallest absolute Gasteiger partial charge is 0.341 e. The molecule has 4 aromatic rings. The molecule has 35 heavy (non-hydrogen) atoms. The van der Waals surface area contributed by atoms with E-state index in [0.717, 1.165) is 22.7 Å². The van der Waals surface area contributed by atoms with E-state index in [1.807, 2.05) is 0 Å². The Kier molecular flexibility index (Phi) is 7.73. The summed E-state index contributed by atoms with van der Waals surface area (Å²) < 4.78 is 59.1. The molecule has 2 heterocycles. The molecule has 2 aromatic carbocycles. The zero-order valence-corrected chi connectivity index (χ0v) is 20.2. The summed E-state index contributed by atoms with van der Waals surface area (Å²) in [6.45, 7) is 1.70. The number of carbonyl (C=O) groups is 1. The fourth-order valence-corrected chi connectivity index (χ4v) is 4.08. The Hall–Kier alpha value is -3.55. The van der Waals surface area contributed by atoms with E-state index in [2.05, 4.69) is 15.1 Å². The van der Waals surface area contributed by atoms with Crippen LogP contribution in [0.15, 0.2) is 47.8 Å². The van der Waals surface area contributed by atoms with Crippen molar-refractivity contribution >= 4 is 50.7 Å². The van der Waals surface area contributed by atoms with E-state index in [4.69, 9.17) is 33.0 Å². The number of ether oxygens (including phenoxy) is 1. The van der Waals surface area contributed by atoms with Crippen molar-refractivity contribution in [2.75, 3.05) is 11.8 Å². The SMILES string of the molecule is COc1c(Cl)ccc(Cl)c1C(=O)O.Cc1ccn2nc(S(=O)(=O)Nc3c(F)cccc3F)nc2n1. The molecule has 2 N–H and O–H groups in total. The molecule has 0 spiro atoms. The molecule has 0 fully saturated rings. The van der Waals surface area contributed by atoms with Gasteiger partial charge in [0.1, 0.15) is 22.9 Å². The van der Waals surface area contributed by atoms with E-state index >= 15 is 0 Å². The number of halogens is 4. The van der Waals surface area contributed by atoms with Gasteiger partial charge >= 0.3 is 5.97 Å². The highest BCUT2D eigenvalue weighted by Gasteiger charge is 2.24. The van der Waals surface area contributed by atoms with Crippen LogP contribution in [-0.4, -0.2) is 46.2 Å².